The van der Waals surface area contributed by atoms with Crippen LogP contribution in [0.15, 0.2) is 0 Å². The Morgan fingerprint density at radius 1 is 0.342 bits per heavy atom. The lowest BCUT2D eigenvalue weighted by molar-refractivity contribution is -0.143. The maximum absolute atomic E-state index is 12.1. The zero-order chi connectivity index (χ0) is 53.0. The van der Waals surface area contributed by atoms with Crippen LogP contribution < -0.4 is 5.32 Å². The van der Waals surface area contributed by atoms with Crippen molar-refractivity contribution >= 4 is 5.97 Å². The minimum absolute atomic E-state index is 0.0202. The lowest BCUT2D eigenvalue weighted by Crippen LogP contribution is -2.52. The van der Waals surface area contributed by atoms with Gasteiger partial charge in [0.05, 0.1) is 31.5 Å². The molecule has 0 fully saturated rings. The van der Waals surface area contributed by atoms with Crippen molar-refractivity contribution in [3.05, 3.63) is 0 Å². The summed E-state index contributed by atoms with van der Waals surface area (Å²) in [5.74, 6) is 0.0202. The summed E-state index contributed by atoms with van der Waals surface area (Å²) in [4.78, 5) is 12.1. The number of aliphatic hydroxyl groups is 4. The van der Waals surface area contributed by atoms with Gasteiger partial charge in [0, 0.05) is 6.42 Å². The van der Waals surface area contributed by atoms with Gasteiger partial charge in [-0.3, -0.25) is 10.1 Å². The molecule has 0 heterocycles. The third kappa shape index (κ3) is 57.3. The van der Waals surface area contributed by atoms with E-state index in [2.05, 4.69) is 19.2 Å². The van der Waals surface area contributed by atoms with Crippen LogP contribution in [0.3, 0.4) is 0 Å². The molecule has 0 aliphatic carbocycles. The minimum atomic E-state index is -1.08. The second-order valence-electron chi connectivity index (χ2n) is 23.5. The van der Waals surface area contributed by atoms with E-state index in [1.807, 2.05) is 0 Å². The molecule has 0 aromatic carbocycles. The highest BCUT2D eigenvalue weighted by atomic mass is 16.5. The van der Waals surface area contributed by atoms with E-state index in [4.69, 9.17) is 4.74 Å². The number of esters is 1. The van der Waals surface area contributed by atoms with Crippen molar-refractivity contribution in [3.63, 3.8) is 0 Å². The Morgan fingerprint density at radius 3 is 0.877 bits per heavy atom. The van der Waals surface area contributed by atoms with Crippen LogP contribution in [-0.2, 0) is 9.53 Å². The highest BCUT2D eigenvalue weighted by Crippen LogP contribution is 2.19. The first-order valence-corrected chi connectivity index (χ1v) is 33.5. The third-order valence-corrected chi connectivity index (χ3v) is 16.1. The topological polar surface area (TPSA) is 119 Å². The number of rotatable bonds is 64. The fourth-order valence-electron chi connectivity index (χ4n) is 11.0. The standard InChI is InChI=1S/C66H133NO6/c1-3-5-7-9-11-13-15-17-31-35-39-43-47-51-55-59-65(71)73-60-56-52-48-44-40-36-33-30-28-26-24-22-20-18-19-21-23-25-27-29-32-34-38-42-46-50-54-58-64(70)67-62(61-68)66(72)63(69)57-53-49-45-41-37-16-14-12-10-8-6-4-2/h62-64,66-70,72H,3-61H2,1-2H3. The van der Waals surface area contributed by atoms with Gasteiger partial charge in [0.2, 0.25) is 0 Å². The molecule has 4 atom stereocenters. The summed E-state index contributed by atoms with van der Waals surface area (Å²) in [5, 5.41) is 44.5. The van der Waals surface area contributed by atoms with Crippen LogP contribution in [0.4, 0.5) is 0 Å². The first kappa shape index (κ1) is 72.3. The molecule has 5 N–H and O–H groups in total. The van der Waals surface area contributed by atoms with Crippen LogP contribution >= 0.6 is 0 Å². The SMILES string of the molecule is CCCCCCCCCCCCCCCCCC(=O)OCCCCCCCCCCCCCCCCCCCCCCCCCCCCCC(O)NC(CO)C(O)C(O)CCCCCCCCCCCCCC. The van der Waals surface area contributed by atoms with Crippen molar-refractivity contribution in [2.24, 2.45) is 0 Å². The summed E-state index contributed by atoms with van der Waals surface area (Å²) in [6.45, 7) is 4.87. The van der Waals surface area contributed by atoms with Gasteiger partial charge in [0.25, 0.3) is 0 Å². The van der Waals surface area contributed by atoms with Gasteiger partial charge in [0.15, 0.2) is 0 Å². The number of carbonyl (C=O) groups is 1. The van der Waals surface area contributed by atoms with E-state index in [0.717, 1.165) is 38.5 Å². The number of carbonyl (C=O) groups excluding carboxylic acids is 1. The van der Waals surface area contributed by atoms with Gasteiger partial charge < -0.3 is 25.2 Å². The molecule has 438 valence electrons. The molecule has 7 nitrogen and oxygen atoms in total. The van der Waals surface area contributed by atoms with Gasteiger partial charge in [0.1, 0.15) is 6.23 Å². The quantitative estimate of drug-likeness (QED) is 0.0234. The maximum Gasteiger partial charge on any atom is 0.305 e. The van der Waals surface area contributed by atoms with Crippen LogP contribution in [0, 0.1) is 0 Å². The molecule has 0 aliphatic rings. The molecule has 0 saturated carbocycles. The smallest absolute Gasteiger partial charge is 0.305 e. The third-order valence-electron chi connectivity index (χ3n) is 16.1. The highest BCUT2D eigenvalue weighted by molar-refractivity contribution is 5.69. The zero-order valence-electron chi connectivity index (χ0n) is 49.6. The van der Waals surface area contributed by atoms with E-state index in [0.29, 0.717) is 25.9 Å². The molecule has 7 heteroatoms. The Morgan fingerprint density at radius 2 is 0.589 bits per heavy atom. The lowest BCUT2D eigenvalue weighted by atomic mass is 9.99. The van der Waals surface area contributed by atoms with E-state index in [-0.39, 0.29) is 12.6 Å². The Kier molecular flexibility index (Phi) is 61.5. The molecule has 0 aliphatic heterocycles. The second kappa shape index (κ2) is 62.1. The van der Waals surface area contributed by atoms with Crippen molar-refractivity contribution in [1.29, 1.82) is 0 Å². The molecule has 4 unspecified atom stereocenters. The van der Waals surface area contributed by atoms with Crippen molar-refractivity contribution in [1.82, 2.24) is 5.32 Å². The molecule has 0 radical (unpaired) electrons. The van der Waals surface area contributed by atoms with Gasteiger partial charge in [-0.05, 0) is 32.1 Å². The number of unbranched alkanes of at least 4 members (excludes halogenated alkanes) is 51. The molecular formula is C66H133NO6. The Bertz CT molecular complexity index is 1030. The normalized spacial score (nSPS) is 13.5. The first-order valence-electron chi connectivity index (χ1n) is 33.5. The Balaban J connectivity index is 3.36. The second-order valence-corrected chi connectivity index (χ2v) is 23.5. The van der Waals surface area contributed by atoms with E-state index < -0.39 is 24.5 Å². The van der Waals surface area contributed by atoms with Crippen LogP contribution in [0.1, 0.15) is 380 Å². The average Bonchev–Trinajstić information content (AvgIpc) is 3.39. The molecule has 0 aromatic heterocycles. The average molecular weight is 1040 g/mol. The molecular weight excluding hydrogens is 903 g/mol. The minimum Gasteiger partial charge on any atom is -0.466 e. The van der Waals surface area contributed by atoms with Crippen molar-refractivity contribution < 1.29 is 30.0 Å². The number of hydrogen-bond donors (Lipinski definition) is 5. The zero-order valence-corrected chi connectivity index (χ0v) is 49.6. The van der Waals surface area contributed by atoms with Crippen LogP contribution in [0.5, 0.6) is 0 Å². The molecule has 0 rings (SSSR count). The molecule has 0 aromatic rings. The van der Waals surface area contributed by atoms with Crippen molar-refractivity contribution in [3.8, 4) is 0 Å². The van der Waals surface area contributed by atoms with Gasteiger partial charge in [-0.25, -0.2) is 0 Å². The van der Waals surface area contributed by atoms with Crippen molar-refractivity contribution in [2.75, 3.05) is 13.2 Å². The van der Waals surface area contributed by atoms with E-state index >= 15 is 0 Å². The van der Waals surface area contributed by atoms with Crippen molar-refractivity contribution in [2.45, 2.75) is 404 Å². The fourth-order valence-corrected chi connectivity index (χ4v) is 11.0. The van der Waals surface area contributed by atoms with Gasteiger partial charge >= 0.3 is 5.97 Å². The molecule has 73 heavy (non-hydrogen) atoms. The number of hydrogen-bond acceptors (Lipinski definition) is 7. The van der Waals surface area contributed by atoms with Crippen LogP contribution in [0.2, 0.25) is 0 Å². The Hall–Kier alpha value is -0.730. The summed E-state index contributed by atoms with van der Waals surface area (Å²) in [6.07, 6.45) is 70.3. The lowest BCUT2D eigenvalue weighted by Gasteiger charge is -2.28. The number of nitrogens with one attached hydrogen (secondary N) is 1. The van der Waals surface area contributed by atoms with E-state index in [1.54, 1.807) is 0 Å². The van der Waals surface area contributed by atoms with Gasteiger partial charge in [-0.2, -0.15) is 0 Å². The number of aliphatic hydroxyl groups excluding tert-OH is 4. The summed E-state index contributed by atoms with van der Waals surface area (Å²) in [7, 11) is 0. The summed E-state index contributed by atoms with van der Waals surface area (Å²) >= 11 is 0. The first-order chi connectivity index (χ1) is 36.0. The molecule has 0 saturated heterocycles. The summed E-state index contributed by atoms with van der Waals surface area (Å²) in [5.41, 5.74) is 0. The molecule has 0 spiro atoms. The van der Waals surface area contributed by atoms with E-state index in [1.165, 1.54) is 308 Å². The largest absolute Gasteiger partial charge is 0.466 e. The highest BCUT2D eigenvalue weighted by Gasteiger charge is 2.27. The van der Waals surface area contributed by atoms with Crippen LogP contribution in [0.25, 0.3) is 0 Å². The predicted molar refractivity (Wildman–Crippen MR) is 318 cm³/mol. The summed E-state index contributed by atoms with van der Waals surface area (Å²) < 4.78 is 5.50. The van der Waals surface area contributed by atoms with E-state index in [9.17, 15) is 25.2 Å². The Labute approximate surface area is 456 Å². The molecule has 0 bridgehead atoms. The maximum atomic E-state index is 12.1. The monoisotopic (exact) mass is 1040 g/mol. The van der Waals surface area contributed by atoms with Crippen LogP contribution in [-0.4, -0.2) is 64.1 Å². The fraction of sp³-hybridized carbons (Fsp3) is 0.985. The van der Waals surface area contributed by atoms with Gasteiger partial charge in [-0.1, -0.05) is 341 Å². The van der Waals surface area contributed by atoms with Gasteiger partial charge in [-0.15, -0.1) is 0 Å². The summed E-state index contributed by atoms with van der Waals surface area (Å²) in [6, 6.07) is -0.711. The predicted octanol–water partition coefficient (Wildman–Crippen LogP) is 19.8. The molecule has 0 amide bonds. The number of ether oxygens (including phenoxy) is 1.